The summed E-state index contributed by atoms with van der Waals surface area (Å²) in [6.45, 7) is 6.99. The number of hydrogen-bond acceptors (Lipinski definition) is 1. The molecule has 1 rings (SSSR count). The zero-order chi connectivity index (χ0) is 12.1. The van der Waals surface area contributed by atoms with Crippen molar-refractivity contribution in [2.45, 2.75) is 20.8 Å². The number of aryl methyl sites for hydroxylation is 1. The third-order valence-corrected chi connectivity index (χ3v) is 2.66. The molecule has 2 heteroatoms. The lowest BCUT2D eigenvalue weighted by molar-refractivity contribution is 0.618. The zero-order valence-electron chi connectivity index (χ0n) is 10.5. The minimum Gasteiger partial charge on any atom is -0.316 e. The van der Waals surface area contributed by atoms with Crippen LogP contribution in [0, 0.1) is 18.7 Å². The molecular formula is C14H20FN. The number of halogens is 1. The van der Waals surface area contributed by atoms with Crippen LogP contribution in [0.15, 0.2) is 23.8 Å². The molecule has 0 aliphatic carbocycles. The molecule has 0 heterocycles. The first-order valence-corrected chi connectivity index (χ1v) is 5.65. The Hall–Kier alpha value is -1.15. The normalized spacial score (nSPS) is 12.2. The first kappa shape index (κ1) is 12.9. The van der Waals surface area contributed by atoms with Crippen LogP contribution < -0.4 is 5.32 Å². The fraction of sp³-hybridized carbons (Fsp3) is 0.429. The van der Waals surface area contributed by atoms with Crippen molar-refractivity contribution in [1.82, 2.24) is 5.32 Å². The summed E-state index contributed by atoms with van der Waals surface area (Å²) in [5.41, 5.74) is 3.09. The summed E-state index contributed by atoms with van der Waals surface area (Å²) in [5.74, 6) is 0.356. The topological polar surface area (TPSA) is 12.0 Å². The maximum Gasteiger partial charge on any atom is 0.126 e. The van der Waals surface area contributed by atoms with Gasteiger partial charge in [0, 0.05) is 6.54 Å². The van der Waals surface area contributed by atoms with Gasteiger partial charge in [-0.3, -0.25) is 0 Å². The van der Waals surface area contributed by atoms with Crippen LogP contribution in [0.1, 0.15) is 25.0 Å². The van der Waals surface area contributed by atoms with E-state index < -0.39 is 0 Å². The number of nitrogens with one attached hydrogen (secondary N) is 1. The highest BCUT2D eigenvalue weighted by atomic mass is 19.1. The maximum atomic E-state index is 13.1. The number of benzene rings is 1. The first-order chi connectivity index (χ1) is 7.54. The fourth-order valence-corrected chi connectivity index (χ4v) is 1.60. The summed E-state index contributed by atoms with van der Waals surface area (Å²) in [6.07, 6.45) is 2.13. The lowest BCUT2D eigenvalue weighted by Gasteiger charge is -2.11. The molecule has 0 fully saturated rings. The lowest BCUT2D eigenvalue weighted by Crippen LogP contribution is -2.13. The minimum absolute atomic E-state index is 0.142. The van der Waals surface area contributed by atoms with Gasteiger partial charge in [-0.15, -0.1) is 0 Å². The van der Waals surface area contributed by atoms with Crippen molar-refractivity contribution in [2.75, 3.05) is 13.6 Å². The van der Waals surface area contributed by atoms with E-state index in [2.05, 4.69) is 25.2 Å². The van der Waals surface area contributed by atoms with E-state index in [1.165, 1.54) is 11.6 Å². The molecule has 0 spiro atoms. The maximum absolute atomic E-state index is 13.1. The summed E-state index contributed by atoms with van der Waals surface area (Å²) in [7, 11) is 1.94. The van der Waals surface area contributed by atoms with Gasteiger partial charge in [-0.1, -0.05) is 31.6 Å². The standard InChI is InChI=1S/C14H20FN/c1-10(2)13(9-16-4)8-12-5-6-14(15)11(3)7-12/h5-8,10,16H,9H2,1-4H3. The smallest absolute Gasteiger partial charge is 0.126 e. The number of hydrogen-bond donors (Lipinski definition) is 1. The molecule has 0 saturated carbocycles. The Labute approximate surface area is 97.4 Å². The molecule has 0 aliphatic rings. The van der Waals surface area contributed by atoms with E-state index in [1.807, 2.05) is 19.2 Å². The molecule has 0 aliphatic heterocycles. The lowest BCUT2D eigenvalue weighted by atomic mass is 9.99. The predicted octanol–water partition coefficient (Wildman–Crippen LogP) is 3.39. The largest absolute Gasteiger partial charge is 0.316 e. The van der Waals surface area contributed by atoms with Gasteiger partial charge in [-0.25, -0.2) is 4.39 Å². The van der Waals surface area contributed by atoms with Gasteiger partial charge in [0.2, 0.25) is 0 Å². The quantitative estimate of drug-likeness (QED) is 0.821. The monoisotopic (exact) mass is 221 g/mol. The van der Waals surface area contributed by atoms with Crippen LogP contribution >= 0.6 is 0 Å². The van der Waals surface area contributed by atoms with Crippen molar-refractivity contribution in [3.05, 3.63) is 40.7 Å². The third kappa shape index (κ3) is 3.46. The van der Waals surface area contributed by atoms with Crippen molar-refractivity contribution in [1.29, 1.82) is 0 Å². The molecule has 1 N–H and O–H groups in total. The van der Waals surface area contributed by atoms with E-state index in [-0.39, 0.29) is 5.82 Å². The third-order valence-electron chi connectivity index (χ3n) is 2.66. The second-order valence-corrected chi connectivity index (χ2v) is 4.41. The van der Waals surface area contributed by atoms with Crippen LogP contribution in [0.5, 0.6) is 0 Å². The minimum atomic E-state index is -0.142. The molecule has 16 heavy (non-hydrogen) atoms. The van der Waals surface area contributed by atoms with Crippen molar-refractivity contribution < 1.29 is 4.39 Å². The molecule has 0 aromatic heterocycles. The van der Waals surface area contributed by atoms with Gasteiger partial charge in [-0.05, 0) is 43.1 Å². The predicted molar refractivity (Wildman–Crippen MR) is 67.9 cm³/mol. The SMILES string of the molecule is CNCC(=Cc1ccc(F)c(C)c1)C(C)C. The van der Waals surface area contributed by atoms with Crippen molar-refractivity contribution in [3.63, 3.8) is 0 Å². The zero-order valence-corrected chi connectivity index (χ0v) is 10.5. The molecule has 0 atom stereocenters. The van der Waals surface area contributed by atoms with Crippen LogP contribution in [-0.2, 0) is 0 Å². The highest BCUT2D eigenvalue weighted by Crippen LogP contribution is 2.16. The van der Waals surface area contributed by atoms with E-state index in [4.69, 9.17) is 0 Å². The first-order valence-electron chi connectivity index (χ1n) is 5.65. The van der Waals surface area contributed by atoms with Crippen LogP contribution in [0.4, 0.5) is 4.39 Å². The van der Waals surface area contributed by atoms with Crippen molar-refractivity contribution in [2.24, 2.45) is 5.92 Å². The highest BCUT2D eigenvalue weighted by Gasteiger charge is 2.03. The van der Waals surface area contributed by atoms with E-state index >= 15 is 0 Å². The average Bonchev–Trinajstić information content (AvgIpc) is 2.22. The molecular weight excluding hydrogens is 201 g/mol. The van der Waals surface area contributed by atoms with Gasteiger partial charge < -0.3 is 5.32 Å². The van der Waals surface area contributed by atoms with E-state index in [0.29, 0.717) is 11.5 Å². The fourth-order valence-electron chi connectivity index (χ4n) is 1.60. The van der Waals surface area contributed by atoms with Gasteiger partial charge >= 0.3 is 0 Å². The molecule has 1 nitrogen and oxygen atoms in total. The Balaban J connectivity index is 2.98. The molecule has 0 bridgehead atoms. The Kier molecular flexibility index (Phi) is 4.69. The molecule has 0 saturated heterocycles. The molecule has 0 radical (unpaired) electrons. The summed E-state index contributed by atoms with van der Waals surface area (Å²) >= 11 is 0. The Morgan fingerprint density at radius 1 is 1.44 bits per heavy atom. The Morgan fingerprint density at radius 3 is 2.62 bits per heavy atom. The summed E-state index contributed by atoms with van der Waals surface area (Å²) in [5, 5.41) is 3.15. The van der Waals surface area contributed by atoms with Crippen LogP contribution in [0.25, 0.3) is 6.08 Å². The Bertz CT molecular complexity index is 380. The molecule has 0 unspecified atom stereocenters. The van der Waals surface area contributed by atoms with Crippen LogP contribution in [0.2, 0.25) is 0 Å². The summed E-state index contributed by atoms with van der Waals surface area (Å²) in [6, 6.07) is 5.23. The van der Waals surface area contributed by atoms with Crippen molar-refractivity contribution >= 4 is 6.08 Å². The van der Waals surface area contributed by atoms with Crippen LogP contribution in [0.3, 0.4) is 0 Å². The van der Waals surface area contributed by atoms with E-state index in [1.54, 1.807) is 6.92 Å². The second kappa shape index (κ2) is 5.80. The Morgan fingerprint density at radius 2 is 2.12 bits per heavy atom. The van der Waals surface area contributed by atoms with Gasteiger partial charge in [-0.2, -0.15) is 0 Å². The number of likely N-dealkylation sites (N-methyl/N-ethyl adjacent to an activating group) is 1. The van der Waals surface area contributed by atoms with Gasteiger partial charge in [0.15, 0.2) is 0 Å². The van der Waals surface area contributed by atoms with Gasteiger partial charge in [0.25, 0.3) is 0 Å². The average molecular weight is 221 g/mol. The van der Waals surface area contributed by atoms with E-state index in [9.17, 15) is 4.39 Å². The molecule has 1 aromatic rings. The number of rotatable bonds is 4. The van der Waals surface area contributed by atoms with Gasteiger partial charge in [0.05, 0.1) is 0 Å². The molecule has 0 amide bonds. The molecule has 1 aromatic carbocycles. The summed E-state index contributed by atoms with van der Waals surface area (Å²) < 4.78 is 13.1. The van der Waals surface area contributed by atoms with Gasteiger partial charge in [0.1, 0.15) is 5.82 Å². The summed E-state index contributed by atoms with van der Waals surface area (Å²) in [4.78, 5) is 0. The highest BCUT2D eigenvalue weighted by molar-refractivity contribution is 5.54. The second-order valence-electron chi connectivity index (χ2n) is 4.41. The molecule has 88 valence electrons. The van der Waals surface area contributed by atoms with Crippen molar-refractivity contribution in [3.8, 4) is 0 Å². The van der Waals surface area contributed by atoms with Crippen LogP contribution in [-0.4, -0.2) is 13.6 Å². The van der Waals surface area contributed by atoms with E-state index in [0.717, 1.165) is 12.1 Å².